The molecule has 1 rings (SSSR count). The third-order valence-corrected chi connectivity index (χ3v) is 2.47. The van der Waals surface area contributed by atoms with Crippen LogP contribution < -0.4 is 5.32 Å². The highest BCUT2D eigenvalue weighted by molar-refractivity contribution is 5.39. The minimum atomic E-state index is 0.159. The quantitative estimate of drug-likeness (QED) is 0.792. The Morgan fingerprint density at radius 1 is 1.50 bits per heavy atom. The summed E-state index contributed by atoms with van der Waals surface area (Å²) < 4.78 is 0. The Labute approximate surface area is 95.9 Å². The Hall–Kier alpha value is -1.60. The number of nitrogens with one attached hydrogen (secondary N) is 1. The zero-order chi connectivity index (χ0) is 12.0. The van der Waals surface area contributed by atoms with Crippen LogP contribution in [0.2, 0.25) is 0 Å². The minimum absolute atomic E-state index is 0.159. The third kappa shape index (κ3) is 3.52. The molecule has 1 atom stereocenters. The van der Waals surface area contributed by atoms with Crippen molar-refractivity contribution < 1.29 is 5.11 Å². The zero-order valence-corrected chi connectivity index (χ0v) is 9.64. The fourth-order valence-electron chi connectivity index (χ4n) is 1.45. The summed E-state index contributed by atoms with van der Waals surface area (Å²) in [6, 6.07) is 5.74. The average molecular weight is 219 g/mol. The van der Waals surface area contributed by atoms with Crippen LogP contribution in [0.1, 0.15) is 25.8 Å². The van der Waals surface area contributed by atoms with Crippen LogP contribution in [0.3, 0.4) is 0 Å². The topological polar surface area (TPSA) is 68.9 Å². The standard InChI is InChI=1S/C12H17N3O/c1-9(2)11(5-6-16)15-12-4-3-10(7-13)8-14-12/h3-4,8-9,11,16H,5-6H2,1-2H3,(H,14,15)/t11-/m0/s1. The van der Waals surface area contributed by atoms with Crippen molar-refractivity contribution in [2.75, 3.05) is 11.9 Å². The van der Waals surface area contributed by atoms with E-state index in [1.54, 1.807) is 18.3 Å². The van der Waals surface area contributed by atoms with Gasteiger partial charge in [-0.15, -0.1) is 0 Å². The van der Waals surface area contributed by atoms with Gasteiger partial charge in [-0.05, 0) is 24.5 Å². The van der Waals surface area contributed by atoms with Crippen molar-refractivity contribution in [3.05, 3.63) is 23.9 Å². The molecular weight excluding hydrogens is 202 g/mol. The highest BCUT2D eigenvalue weighted by atomic mass is 16.3. The number of aliphatic hydroxyl groups is 1. The van der Waals surface area contributed by atoms with Crippen molar-refractivity contribution in [1.29, 1.82) is 5.26 Å². The van der Waals surface area contributed by atoms with Gasteiger partial charge in [-0.3, -0.25) is 0 Å². The van der Waals surface area contributed by atoms with Gasteiger partial charge in [0.25, 0.3) is 0 Å². The molecule has 2 N–H and O–H groups in total. The van der Waals surface area contributed by atoms with Crippen LogP contribution in [0.4, 0.5) is 5.82 Å². The molecule has 0 fully saturated rings. The second-order valence-electron chi connectivity index (χ2n) is 4.05. The largest absolute Gasteiger partial charge is 0.396 e. The van der Waals surface area contributed by atoms with Crippen molar-refractivity contribution in [2.45, 2.75) is 26.3 Å². The summed E-state index contributed by atoms with van der Waals surface area (Å²) in [4.78, 5) is 4.14. The van der Waals surface area contributed by atoms with Crippen LogP contribution >= 0.6 is 0 Å². The molecule has 0 aliphatic heterocycles. The summed E-state index contributed by atoms with van der Waals surface area (Å²) in [6.45, 7) is 4.35. The summed E-state index contributed by atoms with van der Waals surface area (Å²) in [5, 5.41) is 20.8. The summed E-state index contributed by atoms with van der Waals surface area (Å²) in [5.41, 5.74) is 0.550. The molecule has 4 nitrogen and oxygen atoms in total. The first-order valence-corrected chi connectivity index (χ1v) is 5.41. The molecule has 0 aliphatic rings. The van der Waals surface area contributed by atoms with E-state index in [9.17, 15) is 0 Å². The lowest BCUT2D eigenvalue weighted by atomic mass is 10.0. The van der Waals surface area contributed by atoms with Crippen molar-refractivity contribution in [3.63, 3.8) is 0 Å². The smallest absolute Gasteiger partial charge is 0.126 e. The number of anilines is 1. The molecule has 0 bridgehead atoms. The van der Waals surface area contributed by atoms with Gasteiger partial charge in [0.1, 0.15) is 11.9 Å². The van der Waals surface area contributed by atoms with Crippen LogP contribution in [0, 0.1) is 17.2 Å². The van der Waals surface area contributed by atoms with E-state index in [0.29, 0.717) is 17.9 Å². The average Bonchev–Trinajstić information content (AvgIpc) is 2.29. The Morgan fingerprint density at radius 3 is 2.69 bits per heavy atom. The molecule has 86 valence electrons. The number of rotatable bonds is 5. The van der Waals surface area contributed by atoms with Crippen LogP contribution in [-0.4, -0.2) is 22.7 Å². The van der Waals surface area contributed by atoms with Gasteiger partial charge in [0.15, 0.2) is 0 Å². The summed E-state index contributed by atoms with van der Waals surface area (Å²) in [7, 11) is 0. The molecule has 0 radical (unpaired) electrons. The van der Waals surface area contributed by atoms with E-state index in [1.807, 2.05) is 6.07 Å². The van der Waals surface area contributed by atoms with Gasteiger partial charge in [-0.1, -0.05) is 13.8 Å². The van der Waals surface area contributed by atoms with E-state index in [1.165, 1.54) is 0 Å². The molecule has 0 saturated carbocycles. The fraction of sp³-hybridized carbons (Fsp3) is 0.500. The first-order valence-electron chi connectivity index (χ1n) is 5.41. The van der Waals surface area contributed by atoms with E-state index < -0.39 is 0 Å². The molecule has 0 unspecified atom stereocenters. The van der Waals surface area contributed by atoms with Gasteiger partial charge in [0, 0.05) is 18.8 Å². The highest BCUT2D eigenvalue weighted by Gasteiger charge is 2.12. The van der Waals surface area contributed by atoms with E-state index in [4.69, 9.17) is 10.4 Å². The van der Waals surface area contributed by atoms with Crippen LogP contribution in [0.25, 0.3) is 0 Å². The van der Waals surface area contributed by atoms with E-state index in [-0.39, 0.29) is 12.6 Å². The Bertz CT molecular complexity index is 354. The maximum absolute atomic E-state index is 8.94. The molecule has 1 aromatic heterocycles. The number of aliphatic hydroxyl groups excluding tert-OH is 1. The fourth-order valence-corrected chi connectivity index (χ4v) is 1.45. The van der Waals surface area contributed by atoms with Crippen LogP contribution in [-0.2, 0) is 0 Å². The molecule has 4 heteroatoms. The monoisotopic (exact) mass is 219 g/mol. The predicted molar refractivity (Wildman–Crippen MR) is 62.9 cm³/mol. The lowest BCUT2D eigenvalue weighted by Gasteiger charge is -2.21. The number of nitrogens with zero attached hydrogens (tertiary/aromatic N) is 2. The summed E-state index contributed by atoms with van der Waals surface area (Å²) in [6.07, 6.45) is 2.23. The van der Waals surface area contributed by atoms with E-state index in [2.05, 4.69) is 24.1 Å². The number of nitriles is 1. The van der Waals surface area contributed by atoms with Crippen LogP contribution in [0.15, 0.2) is 18.3 Å². The third-order valence-electron chi connectivity index (χ3n) is 2.47. The van der Waals surface area contributed by atoms with Gasteiger partial charge >= 0.3 is 0 Å². The lowest BCUT2D eigenvalue weighted by Crippen LogP contribution is -2.27. The molecule has 16 heavy (non-hydrogen) atoms. The normalized spacial score (nSPS) is 12.2. The molecular formula is C12H17N3O. The molecule has 1 aromatic rings. The van der Waals surface area contributed by atoms with E-state index >= 15 is 0 Å². The molecule has 0 amide bonds. The number of aromatic nitrogens is 1. The Kier molecular flexibility index (Phi) is 4.74. The number of hydrogen-bond donors (Lipinski definition) is 2. The van der Waals surface area contributed by atoms with Gasteiger partial charge in [0.2, 0.25) is 0 Å². The molecule has 0 aliphatic carbocycles. The van der Waals surface area contributed by atoms with Crippen molar-refractivity contribution >= 4 is 5.82 Å². The zero-order valence-electron chi connectivity index (χ0n) is 9.64. The Balaban J connectivity index is 2.66. The summed E-state index contributed by atoms with van der Waals surface area (Å²) >= 11 is 0. The number of pyridine rings is 1. The first-order chi connectivity index (χ1) is 7.67. The maximum Gasteiger partial charge on any atom is 0.126 e. The molecule has 1 heterocycles. The Morgan fingerprint density at radius 2 is 2.25 bits per heavy atom. The molecule has 0 spiro atoms. The molecule has 0 saturated heterocycles. The second-order valence-corrected chi connectivity index (χ2v) is 4.05. The highest BCUT2D eigenvalue weighted by Crippen LogP contribution is 2.13. The van der Waals surface area contributed by atoms with Crippen LogP contribution in [0.5, 0.6) is 0 Å². The summed E-state index contributed by atoms with van der Waals surface area (Å²) in [5.74, 6) is 1.16. The van der Waals surface area contributed by atoms with Crippen molar-refractivity contribution in [3.8, 4) is 6.07 Å². The van der Waals surface area contributed by atoms with E-state index in [0.717, 1.165) is 5.82 Å². The van der Waals surface area contributed by atoms with Gasteiger partial charge < -0.3 is 10.4 Å². The van der Waals surface area contributed by atoms with Gasteiger partial charge in [-0.2, -0.15) is 5.26 Å². The van der Waals surface area contributed by atoms with Gasteiger partial charge in [-0.25, -0.2) is 4.98 Å². The predicted octanol–water partition coefficient (Wildman–Crippen LogP) is 1.77. The van der Waals surface area contributed by atoms with Gasteiger partial charge in [0.05, 0.1) is 5.56 Å². The second kappa shape index (κ2) is 6.09. The van der Waals surface area contributed by atoms with Crippen molar-refractivity contribution in [2.24, 2.45) is 5.92 Å². The maximum atomic E-state index is 8.94. The molecule has 0 aromatic carbocycles. The minimum Gasteiger partial charge on any atom is -0.396 e. The lowest BCUT2D eigenvalue weighted by molar-refractivity contribution is 0.267. The SMILES string of the molecule is CC(C)[C@H](CCO)Nc1ccc(C#N)cn1. The van der Waals surface area contributed by atoms with Crippen molar-refractivity contribution in [1.82, 2.24) is 4.98 Å². The first kappa shape index (κ1) is 12.5. The number of hydrogen-bond acceptors (Lipinski definition) is 4.